The van der Waals surface area contributed by atoms with Crippen LogP contribution in [0.15, 0.2) is 10.5 Å². The lowest BCUT2D eigenvalue weighted by atomic mass is 10.0. The number of piperidine rings is 1. The normalized spacial score (nSPS) is 20.8. The molecule has 2 rings (SSSR count). The molecule has 0 radical (unpaired) electrons. The van der Waals surface area contributed by atoms with E-state index in [0.717, 1.165) is 28.9 Å². The van der Waals surface area contributed by atoms with E-state index in [2.05, 4.69) is 26.9 Å². The monoisotopic (exact) mass is 300 g/mol. The smallest absolute Gasteiger partial charge is 0.121 e. The Bertz CT molecular complexity index is 413. The van der Waals surface area contributed by atoms with Crippen LogP contribution in [0.5, 0.6) is 0 Å². The SMILES string of the molecule is N#Cc1sc(N2CCCCC2CO)cc1Br. The van der Waals surface area contributed by atoms with E-state index in [1.54, 1.807) is 0 Å². The molecule has 1 aromatic heterocycles. The van der Waals surface area contributed by atoms with Crippen LogP contribution in [-0.2, 0) is 0 Å². The molecule has 1 unspecified atom stereocenters. The average Bonchev–Trinajstić information content (AvgIpc) is 2.70. The third kappa shape index (κ3) is 2.24. The summed E-state index contributed by atoms with van der Waals surface area (Å²) in [6.07, 6.45) is 3.38. The van der Waals surface area contributed by atoms with Crippen LogP contribution in [0.2, 0.25) is 0 Å². The minimum Gasteiger partial charge on any atom is -0.394 e. The van der Waals surface area contributed by atoms with Gasteiger partial charge in [0.1, 0.15) is 10.9 Å². The molecular weight excluding hydrogens is 288 g/mol. The fourth-order valence-electron chi connectivity index (χ4n) is 2.06. The minimum absolute atomic E-state index is 0.192. The van der Waals surface area contributed by atoms with Crippen LogP contribution >= 0.6 is 27.3 Å². The highest BCUT2D eigenvalue weighted by Gasteiger charge is 2.24. The van der Waals surface area contributed by atoms with Gasteiger partial charge in [-0.05, 0) is 41.3 Å². The predicted molar refractivity (Wildman–Crippen MR) is 68.8 cm³/mol. The lowest BCUT2D eigenvalue weighted by Crippen LogP contribution is -2.41. The number of anilines is 1. The zero-order valence-corrected chi connectivity index (χ0v) is 11.2. The second kappa shape index (κ2) is 5.17. The van der Waals surface area contributed by atoms with Gasteiger partial charge in [0, 0.05) is 11.0 Å². The first-order valence-corrected chi connectivity index (χ1v) is 6.94. The third-order valence-electron chi connectivity index (χ3n) is 2.90. The molecule has 0 amide bonds. The third-order valence-corrected chi connectivity index (χ3v) is 4.86. The maximum absolute atomic E-state index is 9.34. The number of aliphatic hydroxyl groups excluding tert-OH is 1. The van der Waals surface area contributed by atoms with Crippen molar-refractivity contribution in [3.05, 3.63) is 15.4 Å². The van der Waals surface area contributed by atoms with E-state index in [0.29, 0.717) is 4.88 Å². The molecule has 86 valence electrons. The summed E-state index contributed by atoms with van der Waals surface area (Å²) in [5, 5.41) is 19.3. The molecule has 0 saturated carbocycles. The van der Waals surface area contributed by atoms with E-state index in [-0.39, 0.29) is 12.6 Å². The Morgan fingerprint density at radius 3 is 3.06 bits per heavy atom. The summed E-state index contributed by atoms with van der Waals surface area (Å²) < 4.78 is 0.859. The summed E-state index contributed by atoms with van der Waals surface area (Å²) >= 11 is 4.88. The van der Waals surface area contributed by atoms with Gasteiger partial charge in [0.25, 0.3) is 0 Å². The average molecular weight is 301 g/mol. The summed E-state index contributed by atoms with van der Waals surface area (Å²) in [7, 11) is 0. The van der Waals surface area contributed by atoms with Gasteiger partial charge in [-0.25, -0.2) is 0 Å². The molecule has 16 heavy (non-hydrogen) atoms. The lowest BCUT2D eigenvalue weighted by molar-refractivity contribution is 0.240. The Labute approximate surface area is 107 Å². The highest BCUT2D eigenvalue weighted by Crippen LogP contribution is 2.36. The van der Waals surface area contributed by atoms with Crippen LogP contribution in [0.4, 0.5) is 5.00 Å². The Morgan fingerprint density at radius 2 is 2.44 bits per heavy atom. The van der Waals surface area contributed by atoms with Crippen LogP contribution < -0.4 is 4.90 Å². The van der Waals surface area contributed by atoms with Gasteiger partial charge in [-0.15, -0.1) is 11.3 Å². The van der Waals surface area contributed by atoms with Crippen molar-refractivity contribution in [2.24, 2.45) is 0 Å². The van der Waals surface area contributed by atoms with Gasteiger partial charge in [-0.1, -0.05) is 0 Å². The number of nitrogens with zero attached hydrogens (tertiary/aromatic N) is 2. The lowest BCUT2D eigenvalue weighted by Gasteiger charge is -2.35. The zero-order valence-electron chi connectivity index (χ0n) is 8.82. The van der Waals surface area contributed by atoms with Crippen LogP contribution in [0.1, 0.15) is 24.1 Å². The molecule has 3 nitrogen and oxygen atoms in total. The number of hydrogen-bond donors (Lipinski definition) is 1. The summed E-state index contributed by atoms with van der Waals surface area (Å²) in [6.45, 7) is 1.17. The number of thiophene rings is 1. The highest BCUT2D eigenvalue weighted by atomic mass is 79.9. The molecule has 2 heterocycles. The van der Waals surface area contributed by atoms with Crippen LogP contribution in [0, 0.1) is 11.3 Å². The van der Waals surface area contributed by atoms with Gasteiger partial charge in [0.2, 0.25) is 0 Å². The van der Waals surface area contributed by atoms with E-state index >= 15 is 0 Å². The molecule has 0 bridgehead atoms. The minimum atomic E-state index is 0.192. The number of halogens is 1. The van der Waals surface area contributed by atoms with Gasteiger partial charge in [0.05, 0.1) is 17.6 Å². The van der Waals surface area contributed by atoms with Crippen molar-refractivity contribution in [3.63, 3.8) is 0 Å². The Hall–Kier alpha value is -0.570. The second-order valence-electron chi connectivity index (χ2n) is 3.90. The van der Waals surface area contributed by atoms with Crippen molar-refractivity contribution in [2.45, 2.75) is 25.3 Å². The molecule has 5 heteroatoms. The van der Waals surface area contributed by atoms with Gasteiger partial charge < -0.3 is 10.0 Å². The number of hydrogen-bond acceptors (Lipinski definition) is 4. The second-order valence-corrected chi connectivity index (χ2v) is 5.78. The fourth-order valence-corrected chi connectivity index (χ4v) is 3.70. The van der Waals surface area contributed by atoms with Crippen molar-refractivity contribution >= 4 is 32.3 Å². The Morgan fingerprint density at radius 1 is 1.62 bits per heavy atom. The van der Waals surface area contributed by atoms with Gasteiger partial charge in [0.15, 0.2) is 0 Å². The summed E-state index contributed by atoms with van der Waals surface area (Å²) in [5.41, 5.74) is 0. The van der Waals surface area contributed by atoms with E-state index in [1.165, 1.54) is 17.8 Å². The van der Waals surface area contributed by atoms with Gasteiger partial charge in [-0.2, -0.15) is 5.26 Å². The van der Waals surface area contributed by atoms with Crippen molar-refractivity contribution in [1.82, 2.24) is 0 Å². The topological polar surface area (TPSA) is 47.3 Å². The van der Waals surface area contributed by atoms with Crippen molar-refractivity contribution in [3.8, 4) is 6.07 Å². The molecule has 1 N–H and O–H groups in total. The first kappa shape index (κ1) is 11.9. The van der Waals surface area contributed by atoms with E-state index < -0.39 is 0 Å². The first-order chi connectivity index (χ1) is 7.76. The number of nitriles is 1. The molecule has 1 saturated heterocycles. The van der Waals surface area contributed by atoms with Crippen LogP contribution in [0.3, 0.4) is 0 Å². The van der Waals surface area contributed by atoms with E-state index in [1.807, 2.05) is 6.07 Å². The van der Waals surface area contributed by atoms with Crippen LogP contribution in [0.25, 0.3) is 0 Å². The quantitative estimate of drug-likeness (QED) is 0.913. The zero-order chi connectivity index (χ0) is 11.5. The maximum Gasteiger partial charge on any atom is 0.121 e. The number of rotatable bonds is 2. The van der Waals surface area contributed by atoms with Gasteiger partial charge in [-0.3, -0.25) is 0 Å². The molecular formula is C11H13BrN2OS. The summed E-state index contributed by atoms with van der Waals surface area (Å²) in [5.74, 6) is 0. The Balaban J connectivity index is 2.24. The van der Waals surface area contributed by atoms with E-state index in [9.17, 15) is 5.11 Å². The first-order valence-electron chi connectivity index (χ1n) is 5.33. The standard InChI is InChI=1S/C11H13BrN2OS/c12-9-5-11(16-10(9)6-13)14-4-2-1-3-8(14)7-15/h5,8,15H,1-4,7H2. The number of aliphatic hydroxyl groups is 1. The predicted octanol–water partition coefficient (Wildman–Crippen LogP) is 2.73. The molecule has 0 aliphatic carbocycles. The highest BCUT2D eigenvalue weighted by molar-refractivity contribution is 9.10. The van der Waals surface area contributed by atoms with Crippen molar-refractivity contribution in [2.75, 3.05) is 18.1 Å². The van der Waals surface area contributed by atoms with Crippen LogP contribution in [-0.4, -0.2) is 24.3 Å². The van der Waals surface area contributed by atoms with Crippen molar-refractivity contribution in [1.29, 1.82) is 5.26 Å². The van der Waals surface area contributed by atoms with Gasteiger partial charge >= 0.3 is 0 Å². The summed E-state index contributed by atoms with van der Waals surface area (Å²) in [6, 6.07) is 4.37. The summed E-state index contributed by atoms with van der Waals surface area (Å²) in [4.78, 5) is 2.93. The fraction of sp³-hybridized carbons (Fsp3) is 0.545. The maximum atomic E-state index is 9.34. The molecule has 0 spiro atoms. The molecule has 0 aromatic carbocycles. The molecule has 1 fully saturated rings. The Kier molecular flexibility index (Phi) is 3.85. The molecule has 1 aliphatic heterocycles. The molecule has 1 aliphatic rings. The molecule has 1 aromatic rings. The van der Waals surface area contributed by atoms with Crippen molar-refractivity contribution < 1.29 is 5.11 Å². The molecule has 1 atom stereocenters. The van der Waals surface area contributed by atoms with E-state index in [4.69, 9.17) is 5.26 Å². The largest absolute Gasteiger partial charge is 0.394 e.